The molecule has 1 aromatic rings. The summed E-state index contributed by atoms with van der Waals surface area (Å²) in [6.07, 6.45) is 1.30. The number of hydrogen-bond donors (Lipinski definition) is 1. The molecule has 0 amide bonds. The first-order valence-corrected chi connectivity index (χ1v) is 8.12. The van der Waals surface area contributed by atoms with Crippen LogP contribution in [0.15, 0.2) is 24.3 Å². The number of hydrogen-bond acceptors (Lipinski definition) is 3. The van der Waals surface area contributed by atoms with Crippen LogP contribution in [0.4, 0.5) is 0 Å². The SMILES string of the molecule is CC(C)NCc1ccc(OCCN2CCC(C)(C)C2)cc1. The molecule has 1 saturated heterocycles. The quantitative estimate of drug-likeness (QED) is 0.834. The molecule has 0 saturated carbocycles. The minimum absolute atomic E-state index is 0.477. The average Bonchev–Trinajstić information content (AvgIpc) is 2.77. The summed E-state index contributed by atoms with van der Waals surface area (Å²) >= 11 is 0. The van der Waals surface area contributed by atoms with Crippen LogP contribution in [0.1, 0.15) is 39.7 Å². The molecule has 0 spiro atoms. The Hall–Kier alpha value is -1.06. The molecule has 21 heavy (non-hydrogen) atoms. The average molecular weight is 290 g/mol. The molecule has 118 valence electrons. The molecule has 1 fully saturated rings. The fraction of sp³-hybridized carbons (Fsp3) is 0.667. The zero-order valence-electron chi connectivity index (χ0n) is 14.0. The summed E-state index contributed by atoms with van der Waals surface area (Å²) in [7, 11) is 0. The molecule has 3 nitrogen and oxygen atoms in total. The van der Waals surface area contributed by atoms with Gasteiger partial charge in [0.05, 0.1) is 0 Å². The summed E-state index contributed by atoms with van der Waals surface area (Å²) in [6, 6.07) is 8.95. The molecule has 0 unspecified atom stereocenters. The molecule has 0 radical (unpaired) electrons. The second-order valence-corrected chi connectivity index (χ2v) is 7.22. The first-order chi connectivity index (χ1) is 9.94. The third kappa shape index (κ3) is 5.68. The fourth-order valence-corrected chi connectivity index (χ4v) is 2.73. The molecule has 3 heteroatoms. The van der Waals surface area contributed by atoms with Gasteiger partial charge in [-0.05, 0) is 36.1 Å². The van der Waals surface area contributed by atoms with Gasteiger partial charge in [0.25, 0.3) is 0 Å². The van der Waals surface area contributed by atoms with Crippen molar-refractivity contribution in [2.24, 2.45) is 5.41 Å². The maximum absolute atomic E-state index is 5.85. The molecule has 1 N–H and O–H groups in total. The van der Waals surface area contributed by atoms with E-state index in [1.54, 1.807) is 0 Å². The fourth-order valence-electron chi connectivity index (χ4n) is 2.73. The highest BCUT2D eigenvalue weighted by atomic mass is 16.5. The summed E-state index contributed by atoms with van der Waals surface area (Å²) in [5.74, 6) is 0.974. The second kappa shape index (κ2) is 7.28. The lowest BCUT2D eigenvalue weighted by molar-refractivity contribution is 0.222. The third-order valence-electron chi connectivity index (χ3n) is 4.07. The van der Waals surface area contributed by atoms with Crippen molar-refractivity contribution < 1.29 is 4.74 Å². The van der Waals surface area contributed by atoms with Gasteiger partial charge >= 0.3 is 0 Å². The largest absolute Gasteiger partial charge is 0.492 e. The Balaban J connectivity index is 1.69. The maximum atomic E-state index is 5.85. The highest BCUT2D eigenvalue weighted by Gasteiger charge is 2.28. The first kappa shape index (κ1) is 16.3. The van der Waals surface area contributed by atoms with Crippen LogP contribution in [0.2, 0.25) is 0 Å². The number of ether oxygens (including phenoxy) is 1. The van der Waals surface area contributed by atoms with E-state index in [1.165, 1.54) is 25.1 Å². The van der Waals surface area contributed by atoms with E-state index in [0.717, 1.165) is 25.4 Å². The summed E-state index contributed by atoms with van der Waals surface area (Å²) in [4.78, 5) is 2.50. The van der Waals surface area contributed by atoms with Crippen LogP contribution < -0.4 is 10.1 Å². The van der Waals surface area contributed by atoms with Gasteiger partial charge in [0.15, 0.2) is 0 Å². The highest BCUT2D eigenvalue weighted by Crippen LogP contribution is 2.28. The lowest BCUT2D eigenvalue weighted by Crippen LogP contribution is -2.27. The lowest BCUT2D eigenvalue weighted by atomic mass is 9.93. The van der Waals surface area contributed by atoms with Crippen molar-refractivity contribution in [3.05, 3.63) is 29.8 Å². The molecular weight excluding hydrogens is 260 g/mol. The van der Waals surface area contributed by atoms with Crippen molar-refractivity contribution in [3.8, 4) is 5.75 Å². The molecule has 0 atom stereocenters. The van der Waals surface area contributed by atoms with E-state index in [2.05, 4.69) is 62.2 Å². The Labute approximate surface area is 129 Å². The number of benzene rings is 1. The van der Waals surface area contributed by atoms with E-state index in [1.807, 2.05) is 0 Å². The van der Waals surface area contributed by atoms with Gasteiger partial charge in [-0.15, -0.1) is 0 Å². The first-order valence-electron chi connectivity index (χ1n) is 8.12. The van der Waals surface area contributed by atoms with Crippen molar-refractivity contribution in [2.75, 3.05) is 26.2 Å². The number of rotatable bonds is 7. The zero-order valence-corrected chi connectivity index (χ0v) is 14.0. The van der Waals surface area contributed by atoms with E-state index < -0.39 is 0 Å². The molecule has 2 rings (SSSR count). The van der Waals surface area contributed by atoms with Crippen molar-refractivity contribution in [3.63, 3.8) is 0 Å². The van der Waals surface area contributed by atoms with Gasteiger partial charge in [-0.1, -0.05) is 39.8 Å². The van der Waals surface area contributed by atoms with Crippen molar-refractivity contribution in [1.82, 2.24) is 10.2 Å². The van der Waals surface area contributed by atoms with Crippen molar-refractivity contribution in [1.29, 1.82) is 0 Å². The lowest BCUT2D eigenvalue weighted by Gasteiger charge is -2.19. The molecule has 1 aliphatic rings. The highest BCUT2D eigenvalue weighted by molar-refractivity contribution is 5.27. The molecule has 0 aromatic heterocycles. The number of nitrogens with one attached hydrogen (secondary N) is 1. The maximum Gasteiger partial charge on any atom is 0.119 e. The standard InChI is InChI=1S/C18H30N2O/c1-15(2)19-13-16-5-7-17(8-6-16)21-12-11-20-10-9-18(3,4)14-20/h5-8,15,19H,9-14H2,1-4H3. The van der Waals surface area contributed by atoms with Crippen molar-refractivity contribution in [2.45, 2.75) is 46.7 Å². The minimum atomic E-state index is 0.477. The van der Waals surface area contributed by atoms with Crippen LogP contribution in [0, 0.1) is 5.41 Å². The van der Waals surface area contributed by atoms with Crippen LogP contribution in [-0.4, -0.2) is 37.2 Å². The van der Waals surface area contributed by atoms with Gasteiger partial charge in [0.2, 0.25) is 0 Å². The van der Waals surface area contributed by atoms with Gasteiger partial charge in [-0.3, -0.25) is 4.90 Å². The number of nitrogens with zero attached hydrogens (tertiary/aromatic N) is 1. The van der Waals surface area contributed by atoms with E-state index >= 15 is 0 Å². The smallest absolute Gasteiger partial charge is 0.119 e. The zero-order chi connectivity index (χ0) is 15.3. The molecule has 1 heterocycles. The summed E-state index contributed by atoms with van der Waals surface area (Å²) < 4.78 is 5.85. The Morgan fingerprint density at radius 2 is 1.95 bits per heavy atom. The monoisotopic (exact) mass is 290 g/mol. The molecule has 0 bridgehead atoms. The van der Waals surface area contributed by atoms with Gasteiger partial charge in [0.1, 0.15) is 12.4 Å². The van der Waals surface area contributed by atoms with Gasteiger partial charge in [0, 0.05) is 25.7 Å². The number of likely N-dealkylation sites (tertiary alicyclic amines) is 1. The summed E-state index contributed by atoms with van der Waals surface area (Å²) in [6.45, 7) is 14.1. The van der Waals surface area contributed by atoms with E-state index in [9.17, 15) is 0 Å². The van der Waals surface area contributed by atoms with Gasteiger partial charge in [-0.25, -0.2) is 0 Å². The molecule has 0 aliphatic carbocycles. The predicted molar refractivity (Wildman–Crippen MR) is 88.8 cm³/mol. The van der Waals surface area contributed by atoms with Gasteiger partial charge < -0.3 is 10.1 Å². The molecule has 1 aliphatic heterocycles. The third-order valence-corrected chi connectivity index (χ3v) is 4.07. The van der Waals surface area contributed by atoms with E-state index in [-0.39, 0.29) is 0 Å². The van der Waals surface area contributed by atoms with Crippen LogP contribution in [0.3, 0.4) is 0 Å². The minimum Gasteiger partial charge on any atom is -0.492 e. The topological polar surface area (TPSA) is 24.5 Å². The second-order valence-electron chi connectivity index (χ2n) is 7.22. The Morgan fingerprint density at radius 3 is 2.52 bits per heavy atom. The normalized spacial score (nSPS) is 18.3. The Morgan fingerprint density at radius 1 is 1.24 bits per heavy atom. The Kier molecular flexibility index (Phi) is 5.65. The molecule has 1 aromatic carbocycles. The van der Waals surface area contributed by atoms with E-state index in [4.69, 9.17) is 4.74 Å². The van der Waals surface area contributed by atoms with E-state index in [0.29, 0.717) is 11.5 Å². The Bertz CT molecular complexity index is 425. The van der Waals surface area contributed by atoms with Crippen molar-refractivity contribution >= 4 is 0 Å². The van der Waals surface area contributed by atoms with Gasteiger partial charge in [-0.2, -0.15) is 0 Å². The van der Waals surface area contributed by atoms with Crippen LogP contribution in [0.5, 0.6) is 5.75 Å². The molecular formula is C18H30N2O. The predicted octanol–water partition coefficient (Wildman–Crippen LogP) is 3.30. The van der Waals surface area contributed by atoms with Crippen LogP contribution in [0.25, 0.3) is 0 Å². The summed E-state index contributed by atoms with van der Waals surface area (Å²) in [5.41, 5.74) is 1.78. The summed E-state index contributed by atoms with van der Waals surface area (Å²) in [5, 5.41) is 3.42. The van der Waals surface area contributed by atoms with Crippen LogP contribution >= 0.6 is 0 Å². The van der Waals surface area contributed by atoms with Crippen LogP contribution in [-0.2, 0) is 6.54 Å².